The van der Waals surface area contributed by atoms with E-state index in [1.165, 1.54) is 0 Å². The summed E-state index contributed by atoms with van der Waals surface area (Å²) in [6.07, 6.45) is 4.50. The molecule has 0 aromatic heterocycles. The van der Waals surface area contributed by atoms with Crippen LogP contribution in [0.15, 0.2) is 0 Å². The summed E-state index contributed by atoms with van der Waals surface area (Å²) in [5.41, 5.74) is 0. The Bertz CT molecular complexity index is 309. The number of hydrogen-bond acceptors (Lipinski definition) is 2. The SMILES string of the molecule is CCC(CC)C(=O)NC1CC(=O)N(C2CC2)C1. The first-order valence-electron chi connectivity index (χ1n) is 6.75. The van der Waals surface area contributed by atoms with Gasteiger partial charge in [0.25, 0.3) is 0 Å². The zero-order valence-electron chi connectivity index (χ0n) is 10.7. The molecule has 1 saturated heterocycles. The van der Waals surface area contributed by atoms with Crippen LogP contribution in [0, 0.1) is 5.92 Å². The van der Waals surface area contributed by atoms with Crippen molar-refractivity contribution in [2.24, 2.45) is 5.92 Å². The summed E-state index contributed by atoms with van der Waals surface area (Å²) in [5.74, 6) is 0.424. The molecule has 4 nitrogen and oxygen atoms in total. The Morgan fingerprint density at radius 1 is 1.41 bits per heavy atom. The molecular formula is C13H22N2O2. The molecule has 1 aliphatic heterocycles. The molecule has 0 radical (unpaired) electrons. The van der Waals surface area contributed by atoms with Crippen LogP contribution in [-0.2, 0) is 9.59 Å². The molecular weight excluding hydrogens is 216 g/mol. The molecule has 1 saturated carbocycles. The van der Waals surface area contributed by atoms with Gasteiger partial charge in [-0.15, -0.1) is 0 Å². The molecule has 0 spiro atoms. The van der Waals surface area contributed by atoms with E-state index < -0.39 is 0 Å². The van der Waals surface area contributed by atoms with E-state index in [-0.39, 0.29) is 23.8 Å². The molecule has 4 heteroatoms. The normalized spacial score (nSPS) is 24.5. The fourth-order valence-corrected chi connectivity index (χ4v) is 2.55. The number of rotatable bonds is 5. The number of nitrogens with one attached hydrogen (secondary N) is 1. The van der Waals surface area contributed by atoms with Crippen molar-refractivity contribution in [1.82, 2.24) is 10.2 Å². The highest BCUT2D eigenvalue weighted by Crippen LogP contribution is 2.30. The van der Waals surface area contributed by atoms with Crippen LogP contribution < -0.4 is 5.32 Å². The topological polar surface area (TPSA) is 49.4 Å². The number of likely N-dealkylation sites (tertiary alicyclic amines) is 1. The van der Waals surface area contributed by atoms with Gasteiger partial charge in [-0.2, -0.15) is 0 Å². The third-order valence-electron chi connectivity index (χ3n) is 3.85. The number of amides is 2. The zero-order chi connectivity index (χ0) is 12.4. The summed E-state index contributed by atoms with van der Waals surface area (Å²) < 4.78 is 0. The predicted molar refractivity (Wildman–Crippen MR) is 65.4 cm³/mol. The van der Waals surface area contributed by atoms with E-state index in [1.54, 1.807) is 0 Å². The predicted octanol–water partition coefficient (Wildman–Crippen LogP) is 1.30. The molecule has 0 bridgehead atoms. The van der Waals surface area contributed by atoms with Gasteiger partial charge in [-0.3, -0.25) is 9.59 Å². The lowest BCUT2D eigenvalue weighted by molar-refractivity contribution is -0.128. The second-order valence-electron chi connectivity index (χ2n) is 5.20. The van der Waals surface area contributed by atoms with E-state index in [0.717, 1.165) is 32.2 Å². The Balaban J connectivity index is 1.84. The van der Waals surface area contributed by atoms with Gasteiger partial charge in [0.05, 0.1) is 6.04 Å². The third-order valence-corrected chi connectivity index (χ3v) is 3.85. The maximum atomic E-state index is 11.9. The molecule has 0 aromatic carbocycles. The van der Waals surface area contributed by atoms with Crippen LogP contribution in [0.25, 0.3) is 0 Å². The summed E-state index contributed by atoms with van der Waals surface area (Å²) in [7, 11) is 0. The summed E-state index contributed by atoms with van der Waals surface area (Å²) in [6.45, 7) is 4.78. The Hall–Kier alpha value is -1.06. The molecule has 1 heterocycles. The minimum Gasteiger partial charge on any atom is -0.351 e. The molecule has 1 atom stereocenters. The highest BCUT2D eigenvalue weighted by atomic mass is 16.2. The lowest BCUT2D eigenvalue weighted by atomic mass is 10.0. The van der Waals surface area contributed by atoms with Gasteiger partial charge in [-0.1, -0.05) is 13.8 Å². The van der Waals surface area contributed by atoms with Crippen LogP contribution in [0.1, 0.15) is 46.0 Å². The summed E-state index contributed by atoms with van der Waals surface area (Å²) >= 11 is 0. The van der Waals surface area contributed by atoms with E-state index in [2.05, 4.69) is 5.32 Å². The lowest BCUT2D eigenvalue weighted by Crippen LogP contribution is -2.40. The van der Waals surface area contributed by atoms with Crippen LogP contribution in [0.4, 0.5) is 0 Å². The Morgan fingerprint density at radius 2 is 2.06 bits per heavy atom. The summed E-state index contributed by atoms with van der Waals surface area (Å²) in [5, 5.41) is 3.02. The largest absolute Gasteiger partial charge is 0.351 e. The summed E-state index contributed by atoms with van der Waals surface area (Å²) in [4.78, 5) is 25.6. The standard InChI is InChI=1S/C13H22N2O2/c1-3-9(4-2)13(17)14-10-7-12(16)15(8-10)11-5-6-11/h9-11H,3-8H2,1-2H3,(H,14,17). The number of carbonyl (C=O) groups excluding carboxylic acids is 2. The fourth-order valence-electron chi connectivity index (χ4n) is 2.55. The Labute approximate surface area is 103 Å². The van der Waals surface area contributed by atoms with Crippen LogP contribution >= 0.6 is 0 Å². The first kappa shape index (κ1) is 12.4. The Morgan fingerprint density at radius 3 is 2.59 bits per heavy atom. The van der Waals surface area contributed by atoms with Crippen molar-refractivity contribution in [2.75, 3.05) is 6.54 Å². The van der Waals surface area contributed by atoms with Crippen molar-refractivity contribution < 1.29 is 9.59 Å². The molecule has 1 N–H and O–H groups in total. The number of carbonyl (C=O) groups is 2. The second kappa shape index (κ2) is 5.07. The molecule has 2 aliphatic rings. The van der Waals surface area contributed by atoms with Gasteiger partial charge in [0.1, 0.15) is 0 Å². The summed E-state index contributed by atoms with van der Waals surface area (Å²) in [6, 6.07) is 0.508. The van der Waals surface area contributed by atoms with Gasteiger partial charge < -0.3 is 10.2 Å². The first-order chi connectivity index (χ1) is 8.15. The minimum absolute atomic E-state index is 0.0381. The third kappa shape index (κ3) is 2.79. The maximum Gasteiger partial charge on any atom is 0.225 e. The second-order valence-corrected chi connectivity index (χ2v) is 5.20. The quantitative estimate of drug-likeness (QED) is 0.785. The molecule has 17 heavy (non-hydrogen) atoms. The van der Waals surface area contributed by atoms with E-state index in [1.807, 2.05) is 18.7 Å². The van der Waals surface area contributed by atoms with Gasteiger partial charge in [-0.25, -0.2) is 0 Å². The minimum atomic E-state index is 0.0381. The van der Waals surface area contributed by atoms with Crippen molar-refractivity contribution in [2.45, 2.75) is 58.0 Å². The maximum absolute atomic E-state index is 11.9. The van der Waals surface area contributed by atoms with Crippen LogP contribution in [0.5, 0.6) is 0 Å². The molecule has 0 aromatic rings. The average molecular weight is 238 g/mol. The molecule has 1 unspecified atom stereocenters. The van der Waals surface area contributed by atoms with Crippen molar-refractivity contribution in [3.05, 3.63) is 0 Å². The molecule has 2 amide bonds. The Kier molecular flexibility index (Phi) is 3.69. The van der Waals surface area contributed by atoms with Crippen molar-refractivity contribution in [3.8, 4) is 0 Å². The average Bonchev–Trinajstić information content (AvgIpc) is 3.06. The van der Waals surface area contributed by atoms with Gasteiger partial charge >= 0.3 is 0 Å². The van der Waals surface area contributed by atoms with Crippen molar-refractivity contribution in [1.29, 1.82) is 0 Å². The first-order valence-corrected chi connectivity index (χ1v) is 6.75. The molecule has 1 aliphatic carbocycles. The lowest BCUT2D eigenvalue weighted by Gasteiger charge is -2.18. The molecule has 2 fully saturated rings. The van der Waals surface area contributed by atoms with E-state index in [4.69, 9.17) is 0 Å². The highest BCUT2D eigenvalue weighted by molar-refractivity contribution is 5.83. The van der Waals surface area contributed by atoms with Crippen molar-refractivity contribution >= 4 is 11.8 Å². The monoisotopic (exact) mass is 238 g/mol. The van der Waals surface area contributed by atoms with Gasteiger partial charge in [0.15, 0.2) is 0 Å². The number of nitrogens with zero attached hydrogens (tertiary/aromatic N) is 1. The van der Waals surface area contributed by atoms with E-state index >= 15 is 0 Å². The zero-order valence-corrected chi connectivity index (χ0v) is 10.7. The number of hydrogen-bond donors (Lipinski definition) is 1. The molecule has 96 valence electrons. The molecule has 2 rings (SSSR count). The smallest absolute Gasteiger partial charge is 0.225 e. The van der Waals surface area contributed by atoms with E-state index in [9.17, 15) is 9.59 Å². The van der Waals surface area contributed by atoms with Crippen molar-refractivity contribution in [3.63, 3.8) is 0 Å². The van der Waals surface area contributed by atoms with Crippen LogP contribution in [0.2, 0.25) is 0 Å². The van der Waals surface area contributed by atoms with Gasteiger partial charge in [0.2, 0.25) is 11.8 Å². The van der Waals surface area contributed by atoms with Crippen LogP contribution in [-0.4, -0.2) is 35.3 Å². The fraction of sp³-hybridized carbons (Fsp3) is 0.846. The van der Waals surface area contributed by atoms with E-state index in [0.29, 0.717) is 12.5 Å². The van der Waals surface area contributed by atoms with Gasteiger partial charge in [0, 0.05) is 24.9 Å². The van der Waals surface area contributed by atoms with Gasteiger partial charge in [-0.05, 0) is 25.7 Å². The highest BCUT2D eigenvalue weighted by Gasteiger charge is 2.39. The van der Waals surface area contributed by atoms with Crippen LogP contribution in [0.3, 0.4) is 0 Å².